The predicted molar refractivity (Wildman–Crippen MR) is 52.1 cm³/mol. The molecule has 1 unspecified atom stereocenters. The monoisotopic (exact) mass is 214 g/mol. The third-order valence-electron chi connectivity index (χ3n) is 1.68. The summed E-state index contributed by atoms with van der Waals surface area (Å²) in [7, 11) is 0. The molecular formula is C8H14N4O3. The smallest absolute Gasteiger partial charge is 0.277 e. The van der Waals surface area contributed by atoms with E-state index in [4.69, 9.17) is 10.5 Å². The third-order valence-corrected chi connectivity index (χ3v) is 1.68. The highest BCUT2D eigenvalue weighted by atomic mass is 16.6. The van der Waals surface area contributed by atoms with Gasteiger partial charge >= 0.3 is 0 Å². The molecule has 0 radical (unpaired) electrons. The Morgan fingerprint density at radius 3 is 2.93 bits per heavy atom. The second-order valence-electron chi connectivity index (χ2n) is 3.03. The van der Waals surface area contributed by atoms with Gasteiger partial charge < -0.3 is 15.8 Å². The lowest BCUT2D eigenvalue weighted by atomic mass is 10.3. The molecule has 0 aliphatic carbocycles. The third kappa shape index (κ3) is 3.21. The maximum Gasteiger partial charge on any atom is 0.277 e. The van der Waals surface area contributed by atoms with Crippen LogP contribution in [0.4, 0.5) is 5.82 Å². The highest BCUT2D eigenvalue weighted by Crippen LogP contribution is 2.03. The Labute approximate surface area is 86.9 Å². The fourth-order valence-corrected chi connectivity index (χ4v) is 0.981. The van der Waals surface area contributed by atoms with Crippen LogP contribution in [-0.2, 0) is 4.74 Å². The van der Waals surface area contributed by atoms with E-state index in [9.17, 15) is 4.79 Å². The number of hydrogen-bond acceptors (Lipinski definition) is 6. The molecule has 0 saturated carbocycles. The molecule has 1 rings (SSSR count). The standard InChI is InChI=1S/C8H14N4O3/c1-3-14-4-5(2)10-8(13)6-7(9)12-15-11-6/h5H,3-4H2,1-2H3,(H2,9,12)(H,10,13). The first-order valence-corrected chi connectivity index (χ1v) is 4.61. The zero-order valence-corrected chi connectivity index (χ0v) is 8.69. The Balaban J connectivity index is 2.46. The van der Waals surface area contributed by atoms with Gasteiger partial charge in [0.1, 0.15) is 0 Å². The molecule has 1 aromatic heterocycles. The molecule has 0 saturated heterocycles. The summed E-state index contributed by atoms with van der Waals surface area (Å²) in [4.78, 5) is 11.5. The minimum absolute atomic E-state index is 0.00153. The highest BCUT2D eigenvalue weighted by Gasteiger charge is 2.17. The van der Waals surface area contributed by atoms with Crippen molar-refractivity contribution in [2.24, 2.45) is 0 Å². The number of anilines is 1. The molecule has 3 N–H and O–H groups in total. The Hall–Kier alpha value is -1.63. The van der Waals surface area contributed by atoms with E-state index >= 15 is 0 Å². The molecule has 7 nitrogen and oxygen atoms in total. The topological polar surface area (TPSA) is 103 Å². The van der Waals surface area contributed by atoms with Gasteiger partial charge in [0.15, 0.2) is 0 Å². The SMILES string of the molecule is CCOCC(C)NC(=O)c1nonc1N. The quantitative estimate of drug-likeness (QED) is 0.703. The summed E-state index contributed by atoms with van der Waals surface area (Å²) >= 11 is 0. The minimum atomic E-state index is -0.416. The summed E-state index contributed by atoms with van der Waals surface area (Å²) in [5.41, 5.74) is 5.36. The number of amides is 1. The summed E-state index contributed by atoms with van der Waals surface area (Å²) in [6.07, 6.45) is 0. The van der Waals surface area contributed by atoms with Crippen molar-refractivity contribution in [1.82, 2.24) is 15.6 Å². The van der Waals surface area contributed by atoms with Crippen LogP contribution in [0.15, 0.2) is 4.63 Å². The van der Waals surface area contributed by atoms with E-state index < -0.39 is 5.91 Å². The lowest BCUT2D eigenvalue weighted by Crippen LogP contribution is -2.36. The number of ether oxygens (including phenoxy) is 1. The lowest BCUT2D eigenvalue weighted by Gasteiger charge is -2.12. The second kappa shape index (κ2) is 5.30. The van der Waals surface area contributed by atoms with Gasteiger partial charge in [-0.05, 0) is 24.2 Å². The Bertz CT molecular complexity index is 325. The Morgan fingerprint density at radius 2 is 2.40 bits per heavy atom. The number of rotatable bonds is 5. The average Bonchev–Trinajstić information content (AvgIpc) is 2.61. The zero-order valence-electron chi connectivity index (χ0n) is 8.69. The van der Waals surface area contributed by atoms with E-state index in [2.05, 4.69) is 20.3 Å². The van der Waals surface area contributed by atoms with Gasteiger partial charge in [0.05, 0.1) is 6.61 Å². The van der Waals surface area contributed by atoms with Crippen LogP contribution in [0, 0.1) is 0 Å². The number of aromatic nitrogens is 2. The fourth-order valence-electron chi connectivity index (χ4n) is 0.981. The predicted octanol–water partition coefficient (Wildman–Crippen LogP) is -0.193. The van der Waals surface area contributed by atoms with Crippen LogP contribution < -0.4 is 11.1 Å². The van der Waals surface area contributed by atoms with E-state index in [1.807, 2.05) is 13.8 Å². The molecule has 0 aliphatic heterocycles. The second-order valence-corrected chi connectivity index (χ2v) is 3.03. The minimum Gasteiger partial charge on any atom is -0.380 e. The number of nitrogen functional groups attached to an aromatic ring is 1. The summed E-state index contributed by atoms with van der Waals surface area (Å²) in [5, 5.41) is 9.34. The van der Waals surface area contributed by atoms with E-state index in [1.165, 1.54) is 0 Å². The first-order valence-electron chi connectivity index (χ1n) is 4.61. The first-order chi connectivity index (χ1) is 7.15. The van der Waals surface area contributed by atoms with Gasteiger partial charge in [-0.1, -0.05) is 0 Å². The lowest BCUT2D eigenvalue weighted by molar-refractivity contribution is 0.0863. The maximum atomic E-state index is 11.5. The van der Waals surface area contributed by atoms with Crippen molar-refractivity contribution < 1.29 is 14.2 Å². The van der Waals surface area contributed by atoms with Crippen molar-refractivity contribution in [2.75, 3.05) is 18.9 Å². The van der Waals surface area contributed by atoms with Gasteiger partial charge in [-0.3, -0.25) is 4.79 Å². The molecule has 7 heteroatoms. The first kappa shape index (κ1) is 11.4. The van der Waals surface area contributed by atoms with Gasteiger partial charge in [-0.25, -0.2) is 4.63 Å². The molecule has 0 bridgehead atoms. The van der Waals surface area contributed by atoms with E-state index in [0.717, 1.165) is 0 Å². The maximum absolute atomic E-state index is 11.5. The fraction of sp³-hybridized carbons (Fsp3) is 0.625. The molecule has 0 aliphatic rings. The number of nitrogens with one attached hydrogen (secondary N) is 1. The van der Waals surface area contributed by atoms with Gasteiger partial charge in [-0.2, -0.15) is 0 Å². The van der Waals surface area contributed by atoms with Crippen LogP contribution in [0.1, 0.15) is 24.3 Å². The zero-order chi connectivity index (χ0) is 11.3. The molecule has 15 heavy (non-hydrogen) atoms. The molecule has 1 heterocycles. The van der Waals surface area contributed by atoms with E-state index in [1.54, 1.807) is 0 Å². The molecule has 1 aromatic rings. The van der Waals surface area contributed by atoms with Crippen molar-refractivity contribution in [2.45, 2.75) is 19.9 Å². The number of hydrogen-bond donors (Lipinski definition) is 2. The molecule has 1 amide bonds. The molecule has 0 fully saturated rings. The molecule has 0 aromatic carbocycles. The van der Waals surface area contributed by atoms with Gasteiger partial charge in [0.25, 0.3) is 5.91 Å². The normalized spacial score (nSPS) is 12.4. The summed E-state index contributed by atoms with van der Waals surface area (Å²) in [6, 6.07) is -0.117. The van der Waals surface area contributed by atoms with Crippen LogP contribution >= 0.6 is 0 Å². The van der Waals surface area contributed by atoms with Gasteiger partial charge in [0.2, 0.25) is 11.5 Å². The number of carbonyl (C=O) groups excluding carboxylic acids is 1. The summed E-state index contributed by atoms with van der Waals surface area (Å²) in [5.74, 6) is -0.433. The van der Waals surface area contributed by atoms with Crippen molar-refractivity contribution in [3.05, 3.63) is 5.69 Å². The number of nitrogens with two attached hydrogens (primary N) is 1. The Kier molecular flexibility index (Phi) is 4.04. The van der Waals surface area contributed by atoms with Gasteiger partial charge in [0, 0.05) is 12.6 Å². The van der Waals surface area contributed by atoms with Crippen molar-refractivity contribution in [1.29, 1.82) is 0 Å². The van der Waals surface area contributed by atoms with Crippen LogP contribution in [-0.4, -0.2) is 35.5 Å². The van der Waals surface area contributed by atoms with Crippen LogP contribution in [0.2, 0.25) is 0 Å². The molecule has 1 atom stereocenters. The van der Waals surface area contributed by atoms with E-state index in [-0.39, 0.29) is 17.6 Å². The molecular weight excluding hydrogens is 200 g/mol. The van der Waals surface area contributed by atoms with E-state index in [0.29, 0.717) is 13.2 Å². The molecule has 84 valence electrons. The van der Waals surface area contributed by atoms with Crippen molar-refractivity contribution in [3.8, 4) is 0 Å². The highest BCUT2D eigenvalue weighted by molar-refractivity contribution is 5.96. The van der Waals surface area contributed by atoms with Crippen LogP contribution in [0.25, 0.3) is 0 Å². The molecule has 0 spiro atoms. The van der Waals surface area contributed by atoms with Gasteiger partial charge in [-0.15, -0.1) is 0 Å². The largest absolute Gasteiger partial charge is 0.380 e. The average molecular weight is 214 g/mol. The number of carbonyl (C=O) groups is 1. The summed E-state index contributed by atoms with van der Waals surface area (Å²) < 4.78 is 9.45. The Morgan fingerprint density at radius 1 is 1.67 bits per heavy atom. The van der Waals surface area contributed by atoms with Crippen LogP contribution in [0.5, 0.6) is 0 Å². The number of nitrogens with zero attached hydrogens (tertiary/aromatic N) is 2. The van der Waals surface area contributed by atoms with Crippen molar-refractivity contribution in [3.63, 3.8) is 0 Å². The van der Waals surface area contributed by atoms with Crippen molar-refractivity contribution >= 4 is 11.7 Å². The summed E-state index contributed by atoms with van der Waals surface area (Å²) in [6.45, 7) is 4.74. The van der Waals surface area contributed by atoms with Crippen LogP contribution in [0.3, 0.4) is 0 Å².